The number of aromatic nitrogens is 1. The van der Waals surface area contributed by atoms with E-state index in [0.717, 1.165) is 11.3 Å². The highest BCUT2D eigenvalue weighted by atomic mass is 35.5. The van der Waals surface area contributed by atoms with Crippen LogP contribution in [0.5, 0.6) is 0 Å². The number of furan rings is 1. The number of aliphatic imine (C=N–C) groups is 1. The maximum atomic E-state index is 13.8. The monoisotopic (exact) mass is 456 g/mol. The number of nitrogens with zero attached hydrogens (tertiary/aromatic N) is 4. The summed E-state index contributed by atoms with van der Waals surface area (Å²) in [5.41, 5.74) is 2.79. The summed E-state index contributed by atoms with van der Waals surface area (Å²) in [5, 5.41) is 0.655. The van der Waals surface area contributed by atoms with Gasteiger partial charge in [0.15, 0.2) is 0 Å². The van der Waals surface area contributed by atoms with Crippen LogP contribution in [0.3, 0.4) is 0 Å². The quantitative estimate of drug-likeness (QED) is 0.591. The van der Waals surface area contributed by atoms with Crippen LogP contribution in [0, 0.1) is 5.82 Å². The van der Waals surface area contributed by atoms with Crippen molar-refractivity contribution < 1.29 is 13.6 Å². The number of benzene rings is 1. The minimum absolute atomic E-state index is 0.00377. The number of carbonyl (C=O) groups excluding carboxylic acids is 1. The lowest BCUT2D eigenvalue weighted by atomic mass is 10.0. The predicted octanol–water partition coefficient (Wildman–Crippen LogP) is 4.23. The fraction of sp³-hybridized carbons (Fsp3) is 0.348. The van der Waals surface area contributed by atoms with Crippen LogP contribution >= 0.6 is 11.6 Å². The van der Waals surface area contributed by atoms with Crippen molar-refractivity contribution in [3.8, 4) is 0 Å². The van der Waals surface area contributed by atoms with Crippen LogP contribution < -0.4 is 10.5 Å². The Kier molecular flexibility index (Phi) is 4.85. The van der Waals surface area contributed by atoms with Gasteiger partial charge in [-0.2, -0.15) is 0 Å². The molecule has 166 valence electrons. The van der Waals surface area contributed by atoms with Gasteiger partial charge in [0.05, 0.1) is 23.9 Å². The molecule has 2 aliphatic heterocycles. The third kappa shape index (κ3) is 3.12. The van der Waals surface area contributed by atoms with E-state index in [9.17, 15) is 14.0 Å². The van der Waals surface area contributed by atoms with Crippen LogP contribution in [0.15, 0.2) is 44.7 Å². The number of halogens is 2. The van der Waals surface area contributed by atoms with E-state index in [1.54, 1.807) is 21.6 Å². The van der Waals surface area contributed by atoms with Crippen molar-refractivity contribution in [1.29, 1.82) is 0 Å². The third-order valence-corrected chi connectivity index (χ3v) is 6.60. The molecule has 1 amide bonds. The molecule has 3 aromatic rings. The first-order chi connectivity index (χ1) is 15.3. The van der Waals surface area contributed by atoms with Gasteiger partial charge < -0.3 is 18.8 Å². The smallest absolute Gasteiger partial charge is 0.274 e. The summed E-state index contributed by atoms with van der Waals surface area (Å²) in [4.78, 5) is 34.7. The Morgan fingerprint density at radius 3 is 2.78 bits per heavy atom. The van der Waals surface area contributed by atoms with Crippen molar-refractivity contribution in [1.82, 2.24) is 9.47 Å². The van der Waals surface area contributed by atoms with Gasteiger partial charge in [-0.1, -0.05) is 11.6 Å². The molecule has 2 atom stereocenters. The summed E-state index contributed by atoms with van der Waals surface area (Å²) in [6, 6.07) is 5.57. The summed E-state index contributed by atoms with van der Waals surface area (Å²) in [7, 11) is 0. The van der Waals surface area contributed by atoms with E-state index >= 15 is 0 Å². The molecule has 0 saturated heterocycles. The molecule has 0 bridgehead atoms. The Morgan fingerprint density at radius 2 is 2.06 bits per heavy atom. The molecule has 0 saturated carbocycles. The zero-order valence-corrected chi connectivity index (χ0v) is 18.7. The standard InChI is InChI=1S/C23H22ClFN4O3/c1-12-8-27(11-26-12)19-4-5-20-23(31)29(13(2)9-28(20)22(19)30)14(3)16-10-32-21-7-18(25)17(24)6-15(16)21/h4-7,10,13-14H,8-9,11H2,1-3H3. The van der Waals surface area contributed by atoms with E-state index in [2.05, 4.69) is 4.99 Å². The Morgan fingerprint density at radius 1 is 1.28 bits per heavy atom. The van der Waals surface area contributed by atoms with Crippen molar-refractivity contribution >= 4 is 39.9 Å². The number of rotatable bonds is 3. The van der Waals surface area contributed by atoms with E-state index < -0.39 is 5.82 Å². The lowest BCUT2D eigenvalue weighted by Crippen LogP contribution is -2.51. The van der Waals surface area contributed by atoms with Gasteiger partial charge in [0.1, 0.15) is 29.5 Å². The van der Waals surface area contributed by atoms with Gasteiger partial charge in [-0.15, -0.1) is 0 Å². The first-order valence-electron chi connectivity index (χ1n) is 10.4. The maximum absolute atomic E-state index is 13.8. The van der Waals surface area contributed by atoms with Gasteiger partial charge in [0.2, 0.25) is 0 Å². The van der Waals surface area contributed by atoms with E-state index in [-0.39, 0.29) is 28.6 Å². The maximum Gasteiger partial charge on any atom is 0.274 e. The lowest BCUT2D eigenvalue weighted by molar-refractivity contribution is 0.0511. The van der Waals surface area contributed by atoms with Gasteiger partial charge in [0, 0.05) is 35.3 Å². The molecule has 2 aromatic heterocycles. The summed E-state index contributed by atoms with van der Waals surface area (Å²) in [6.45, 7) is 7.16. The van der Waals surface area contributed by atoms with Crippen LogP contribution in [0.2, 0.25) is 5.02 Å². The second-order valence-corrected chi connectivity index (χ2v) is 8.85. The zero-order chi connectivity index (χ0) is 22.7. The molecular weight excluding hydrogens is 435 g/mol. The molecule has 1 aromatic carbocycles. The van der Waals surface area contributed by atoms with Crippen LogP contribution in [0.4, 0.5) is 10.1 Å². The number of carbonyl (C=O) groups is 1. The fourth-order valence-corrected chi connectivity index (χ4v) is 4.84. The Bertz CT molecular complexity index is 1340. The molecule has 0 radical (unpaired) electrons. The molecule has 32 heavy (non-hydrogen) atoms. The molecule has 0 N–H and O–H groups in total. The van der Waals surface area contributed by atoms with E-state index in [0.29, 0.717) is 42.1 Å². The lowest BCUT2D eigenvalue weighted by Gasteiger charge is -2.39. The minimum atomic E-state index is -0.558. The first-order valence-corrected chi connectivity index (χ1v) is 10.8. The molecular formula is C23H22ClFN4O3. The fourth-order valence-electron chi connectivity index (χ4n) is 4.68. The summed E-state index contributed by atoms with van der Waals surface area (Å²) < 4.78 is 20.9. The molecule has 7 nitrogen and oxygen atoms in total. The van der Waals surface area contributed by atoms with Crippen LogP contribution in [-0.2, 0) is 6.54 Å². The Hall–Kier alpha value is -3.13. The van der Waals surface area contributed by atoms with Crippen molar-refractivity contribution in [2.45, 2.75) is 39.4 Å². The average molecular weight is 457 g/mol. The van der Waals surface area contributed by atoms with Crippen LogP contribution in [0.25, 0.3) is 11.0 Å². The second kappa shape index (κ2) is 7.48. The molecule has 2 unspecified atom stereocenters. The average Bonchev–Trinajstić information content (AvgIpc) is 3.35. The second-order valence-electron chi connectivity index (χ2n) is 8.44. The van der Waals surface area contributed by atoms with E-state index in [4.69, 9.17) is 16.0 Å². The number of anilines is 1. The van der Waals surface area contributed by atoms with Crippen molar-refractivity contribution in [3.63, 3.8) is 0 Å². The van der Waals surface area contributed by atoms with E-state index in [1.807, 2.05) is 25.7 Å². The molecule has 0 spiro atoms. The topological polar surface area (TPSA) is 71.1 Å². The van der Waals surface area contributed by atoms with Gasteiger partial charge in [0.25, 0.3) is 11.5 Å². The van der Waals surface area contributed by atoms with Gasteiger partial charge in [-0.3, -0.25) is 14.6 Å². The van der Waals surface area contributed by atoms with E-state index in [1.165, 1.54) is 18.4 Å². The van der Waals surface area contributed by atoms with Crippen molar-refractivity contribution in [3.05, 3.63) is 63.0 Å². The van der Waals surface area contributed by atoms with Crippen molar-refractivity contribution in [2.75, 3.05) is 18.1 Å². The van der Waals surface area contributed by atoms with Crippen LogP contribution in [-0.4, -0.2) is 40.3 Å². The predicted molar refractivity (Wildman–Crippen MR) is 121 cm³/mol. The molecule has 0 fully saturated rings. The summed E-state index contributed by atoms with van der Waals surface area (Å²) in [5.74, 6) is -0.797. The van der Waals surface area contributed by atoms with Crippen molar-refractivity contribution in [2.24, 2.45) is 4.99 Å². The molecule has 9 heteroatoms. The molecule has 4 heterocycles. The molecule has 2 aliphatic rings. The Balaban J connectivity index is 1.51. The Labute approximate surface area is 188 Å². The first kappa shape index (κ1) is 20.8. The summed E-state index contributed by atoms with van der Waals surface area (Å²) in [6.07, 6.45) is 1.53. The highest BCUT2D eigenvalue weighted by Gasteiger charge is 2.36. The van der Waals surface area contributed by atoms with Crippen LogP contribution in [0.1, 0.15) is 42.9 Å². The zero-order valence-electron chi connectivity index (χ0n) is 17.9. The number of hydrogen-bond acceptors (Lipinski definition) is 5. The SMILES string of the molecule is CC1=NCN(c2ccc3n(c2=O)CC(C)N(C(C)c2coc4cc(F)c(Cl)cc24)C3=O)C1. The molecule has 5 rings (SSSR count). The highest BCUT2D eigenvalue weighted by Crippen LogP contribution is 2.35. The minimum Gasteiger partial charge on any atom is -0.464 e. The van der Waals surface area contributed by atoms with Gasteiger partial charge in [-0.05, 0) is 39.0 Å². The molecule has 0 aliphatic carbocycles. The third-order valence-electron chi connectivity index (χ3n) is 6.31. The number of pyridine rings is 1. The number of fused-ring (bicyclic) bond motifs is 2. The highest BCUT2D eigenvalue weighted by molar-refractivity contribution is 6.31. The van der Waals surface area contributed by atoms with Gasteiger partial charge in [-0.25, -0.2) is 4.39 Å². The normalized spacial score (nSPS) is 19.5. The number of amides is 1. The van der Waals surface area contributed by atoms with Gasteiger partial charge >= 0.3 is 0 Å². The largest absolute Gasteiger partial charge is 0.464 e. The summed E-state index contributed by atoms with van der Waals surface area (Å²) >= 11 is 5.98. The number of hydrogen-bond donors (Lipinski definition) is 0.